The summed E-state index contributed by atoms with van der Waals surface area (Å²) in [6.45, 7) is 8.53. The van der Waals surface area contributed by atoms with Crippen molar-refractivity contribution in [2.75, 3.05) is 41.9 Å². The van der Waals surface area contributed by atoms with E-state index in [-0.39, 0.29) is 28.3 Å². The molecule has 4 rings (SSSR count). The first-order valence-electron chi connectivity index (χ1n) is 17.2. The van der Waals surface area contributed by atoms with Crippen molar-refractivity contribution in [3.8, 4) is 16.9 Å². The zero-order valence-electron chi connectivity index (χ0n) is 31.7. The zero-order valence-corrected chi connectivity index (χ0v) is 31.7. The lowest BCUT2D eigenvalue weighted by Crippen LogP contribution is -2.45. The Morgan fingerprint density at radius 2 is 1.33 bits per heavy atom. The standard InChI is InChI=1S/C41H44F2N4O8/c1-40(2,3)54-37(50)24-47(35(48)23-44-39(52)45-30-14-12-13-26(21-30)38(51)55-41(4,5)6)33-17-10-11-18-34(33)53-25-36(49)46(7)32-16-9-8-15-31(32)27-19-28(42)22-29(43)20-27/h8-22H,23-25H2,1-7H3,(H2,44,45,52). The van der Waals surface area contributed by atoms with Gasteiger partial charge in [0, 0.05) is 24.4 Å². The topological polar surface area (TPSA) is 144 Å². The van der Waals surface area contributed by atoms with Gasteiger partial charge in [0.1, 0.15) is 35.1 Å². The van der Waals surface area contributed by atoms with E-state index >= 15 is 0 Å². The van der Waals surface area contributed by atoms with E-state index in [1.165, 1.54) is 36.2 Å². The predicted octanol–water partition coefficient (Wildman–Crippen LogP) is 7.13. The van der Waals surface area contributed by atoms with Gasteiger partial charge in [-0.15, -0.1) is 0 Å². The monoisotopic (exact) mass is 758 g/mol. The number of hydrogen-bond donors (Lipinski definition) is 2. The fraction of sp³-hybridized carbons (Fsp3) is 0.293. The average Bonchev–Trinajstić information content (AvgIpc) is 3.10. The van der Waals surface area contributed by atoms with Crippen molar-refractivity contribution in [3.05, 3.63) is 108 Å². The number of nitrogens with one attached hydrogen (secondary N) is 2. The molecular weight excluding hydrogens is 714 g/mol. The molecule has 12 nitrogen and oxygen atoms in total. The van der Waals surface area contributed by atoms with Gasteiger partial charge < -0.3 is 29.7 Å². The number of rotatable bonds is 12. The lowest BCUT2D eigenvalue weighted by Gasteiger charge is -2.27. The molecule has 4 aromatic rings. The molecule has 0 radical (unpaired) electrons. The normalized spacial score (nSPS) is 11.2. The summed E-state index contributed by atoms with van der Waals surface area (Å²) in [5, 5.41) is 5.03. The molecule has 55 heavy (non-hydrogen) atoms. The Hall–Kier alpha value is -6.31. The van der Waals surface area contributed by atoms with Crippen LogP contribution in [0.1, 0.15) is 51.9 Å². The summed E-state index contributed by atoms with van der Waals surface area (Å²) in [6.07, 6.45) is 0. The number of urea groups is 1. The summed E-state index contributed by atoms with van der Waals surface area (Å²) in [6, 6.07) is 21.2. The van der Waals surface area contributed by atoms with Crippen molar-refractivity contribution in [3.63, 3.8) is 0 Å². The molecule has 0 aliphatic rings. The van der Waals surface area contributed by atoms with Crippen molar-refractivity contribution in [2.45, 2.75) is 52.7 Å². The lowest BCUT2D eigenvalue weighted by atomic mass is 10.0. The number of nitrogens with zero attached hydrogens (tertiary/aromatic N) is 2. The minimum absolute atomic E-state index is 0.0602. The predicted molar refractivity (Wildman–Crippen MR) is 204 cm³/mol. The molecule has 0 spiro atoms. The summed E-state index contributed by atoms with van der Waals surface area (Å²) in [5.74, 6) is -4.08. The first-order valence-corrected chi connectivity index (χ1v) is 17.2. The zero-order chi connectivity index (χ0) is 40.5. The molecule has 0 aromatic heterocycles. The Morgan fingerprint density at radius 3 is 1.98 bits per heavy atom. The van der Waals surface area contributed by atoms with E-state index < -0.39 is 72.3 Å². The molecule has 0 fully saturated rings. The van der Waals surface area contributed by atoms with Crippen LogP contribution in [-0.4, -0.2) is 67.7 Å². The van der Waals surface area contributed by atoms with Gasteiger partial charge in [0.2, 0.25) is 5.91 Å². The highest BCUT2D eigenvalue weighted by Gasteiger charge is 2.27. The maximum absolute atomic E-state index is 14.1. The number of carbonyl (C=O) groups excluding carboxylic acids is 5. The first kappa shape index (κ1) is 41.4. The number of likely N-dealkylation sites (N-methyl/N-ethyl adjacent to an activating group) is 1. The Labute approximate surface area is 318 Å². The van der Waals surface area contributed by atoms with Crippen LogP contribution in [0.5, 0.6) is 5.75 Å². The van der Waals surface area contributed by atoms with Gasteiger partial charge in [-0.25, -0.2) is 18.4 Å². The van der Waals surface area contributed by atoms with E-state index in [0.29, 0.717) is 11.3 Å². The quantitative estimate of drug-likeness (QED) is 0.145. The van der Waals surface area contributed by atoms with E-state index in [2.05, 4.69) is 10.6 Å². The second kappa shape index (κ2) is 17.7. The van der Waals surface area contributed by atoms with Crippen molar-refractivity contribution >= 4 is 46.8 Å². The van der Waals surface area contributed by atoms with Gasteiger partial charge in [-0.3, -0.25) is 19.3 Å². The van der Waals surface area contributed by atoms with Gasteiger partial charge in [-0.05, 0) is 95.6 Å². The molecule has 2 N–H and O–H groups in total. The second-order valence-corrected chi connectivity index (χ2v) is 14.3. The molecule has 0 unspecified atom stereocenters. The SMILES string of the molecule is CN(C(=O)COc1ccccc1N(CC(=O)OC(C)(C)C)C(=O)CNC(=O)Nc1cccc(C(=O)OC(C)(C)C)c1)c1ccccc1-c1cc(F)cc(F)c1. The van der Waals surface area contributed by atoms with Gasteiger partial charge >= 0.3 is 18.0 Å². The fourth-order valence-corrected chi connectivity index (χ4v) is 5.19. The fourth-order valence-electron chi connectivity index (χ4n) is 5.19. The number of benzene rings is 4. The third kappa shape index (κ3) is 12.4. The van der Waals surface area contributed by atoms with Gasteiger partial charge in [0.25, 0.3) is 5.91 Å². The van der Waals surface area contributed by atoms with E-state index in [4.69, 9.17) is 14.2 Å². The molecule has 4 amide bonds. The number of ether oxygens (including phenoxy) is 3. The molecule has 4 aromatic carbocycles. The molecule has 14 heteroatoms. The van der Waals surface area contributed by atoms with Crippen molar-refractivity contribution < 1.29 is 47.0 Å². The highest BCUT2D eigenvalue weighted by atomic mass is 19.1. The number of hydrogen-bond acceptors (Lipinski definition) is 8. The molecule has 0 aliphatic heterocycles. The van der Waals surface area contributed by atoms with Crippen LogP contribution in [0.15, 0.2) is 91.0 Å². The molecule has 0 bridgehead atoms. The van der Waals surface area contributed by atoms with Crippen molar-refractivity contribution in [2.24, 2.45) is 0 Å². The number of amides is 4. The number of esters is 2. The molecule has 0 aliphatic carbocycles. The summed E-state index contributed by atoms with van der Waals surface area (Å²) in [7, 11) is 1.48. The highest BCUT2D eigenvalue weighted by Crippen LogP contribution is 2.32. The molecule has 0 heterocycles. The van der Waals surface area contributed by atoms with E-state index in [1.54, 1.807) is 90.1 Å². The Bertz CT molecular complexity index is 2040. The minimum atomic E-state index is -0.877. The second-order valence-electron chi connectivity index (χ2n) is 14.3. The van der Waals surface area contributed by atoms with Crippen LogP contribution < -0.4 is 25.2 Å². The molecule has 0 saturated carbocycles. The third-order valence-electron chi connectivity index (χ3n) is 7.48. The smallest absolute Gasteiger partial charge is 0.338 e. The minimum Gasteiger partial charge on any atom is -0.482 e. The third-order valence-corrected chi connectivity index (χ3v) is 7.48. The molecular formula is C41H44F2N4O8. The average molecular weight is 759 g/mol. The van der Waals surface area contributed by atoms with Crippen LogP contribution >= 0.6 is 0 Å². The maximum Gasteiger partial charge on any atom is 0.338 e. The van der Waals surface area contributed by atoms with Gasteiger partial charge in [-0.1, -0.05) is 36.4 Å². The van der Waals surface area contributed by atoms with Crippen molar-refractivity contribution in [1.82, 2.24) is 5.32 Å². The van der Waals surface area contributed by atoms with Crippen LogP contribution in [0.25, 0.3) is 11.1 Å². The maximum atomic E-state index is 14.1. The van der Waals surface area contributed by atoms with E-state index in [9.17, 15) is 32.8 Å². The van der Waals surface area contributed by atoms with Gasteiger partial charge in [-0.2, -0.15) is 0 Å². The number of para-hydroxylation sites is 3. The Morgan fingerprint density at radius 1 is 0.709 bits per heavy atom. The molecule has 290 valence electrons. The van der Waals surface area contributed by atoms with E-state index in [0.717, 1.165) is 23.1 Å². The molecule has 0 saturated heterocycles. The first-order chi connectivity index (χ1) is 25.8. The van der Waals surface area contributed by atoms with Crippen LogP contribution in [0.2, 0.25) is 0 Å². The Balaban J connectivity index is 1.50. The number of anilines is 3. The van der Waals surface area contributed by atoms with Crippen LogP contribution in [0.3, 0.4) is 0 Å². The lowest BCUT2D eigenvalue weighted by molar-refractivity contribution is -0.153. The summed E-state index contributed by atoms with van der Waals surface area (Å²) in [4.78, 5) is 67.9. The van der Waals surface area contributed by atoms with Crippen LogP contribution in [-0.2, 0) is 23.9 Å². The summed E-state index contributed by atoms with van der Waals surface area (Å²) < 4.78 is 44.9. The van der Waals surface area contributed by atoms with Gasteiger partial charge in [0.15, 0.2) is 6.61 Å². The van der Waals surface area contributed by atoms with Crippen LogP contribution in [0, 0.1) is 11.6 Å². The van der Waals surface area contributed by atoms with Crippen molar-refractivity contribution in [1.29, 1.82) is 0 Å². The Kier molecular flexibility index (Phi) is 13.3. The van der Waals surface area contributed by atoms with Crippen LogP contribution in [0.4, 0.5) is 30.6 Å². The largest absolute Gasteiger partial charge is 0.482 e. The number of carbonyl (C=O) groups is 5. The highest BCUT2D eigenvalue weighted by molar-refractivity contribution is 6.03. The van der Waals surface area contributed by atoms with E-state index in [1.807, 2.05) is 0 Å². The number of halogens is 2. The molecule has 0 atom stereocenters. The summed E-state index contributed by atoms with van der Waals surface area (Å²) >= 11 is 0. The summed E-state index contributed by atoms with van der Waals surface area (Å²) in [5.41, 5.74) is -0.0327. The van der Waals surface area contributed by atoms with Gasteiger partial charge in [0.05, 0.1) is 23.5 Å².